The molecule has 2 rings (SSSR count). The SMILES string of the molecule is COC(=O)CNC(=O)C(c1ccc(C)cc1)N(C(=O)C(NC(=O)OC(C)(C)C)C(C)C)C1CC1C. The molecule has 1 aromatic rings. The summed E-state index contributed by atoms with van der Waals surface area (Å²) < 4.78 is 10.0. The predicted octanol–water partition coefficient (Wildman–Crippen LogP) is 3.11. The third-order valence-corrected chi connectivity index (χ3v) is 5.84. The maximum atomic E-state index is 14.0. The fourth-order valence-corrected chi connectivity index (χ4v) is 3.80. The zero-order valence-electron chi connectivity index (χ0n) is 22.0. The quantitative estimate of drug-likeness (QED) is 0.515. The molecule has 0 spiro atoms. The van der Waals surface area contributed by atoms with Crippen LogP contribution in [0.15, 0.2) is 24.3 Å². The highest BCUT2D eigenvalue weighted by Crippen LogP contribution is 2.41. The molecule has 0 aromatic heterocycles. The number of carbonyl (C=O) groups is 4. The van der Waals surface area contributed by atoms with Gasteiger partial charge in [-0.05, 0) is 51.5 Å². The smallest absolute Gasteiger partial charge is 0.408 e. The minimum Gasteiger partial charge on any atom is -0.468 e. The zero-order chi connectivity index (χ0) is 26.5. The van der Waals surface area contributed by atoms with Crippen LogP contribution >= 0.6 is 0 Å². The summed E-state index contributed by atoms with van der Waals surface area (Å²) in [6.45, 7) is 12.5. The molecule has 9 heteroatoms. The second-order valence-corrected chi connectivity index (χ2v) is 10.5. The van der Waals surface area contributed by atoms with Crippen molar-refractivity contribution in [2.24, 2.45) is 11.8 Å². The van der Waals surface area contributed by atoms with E-state index in [9.17, 15) is 19.2 Å². The number of aryl methyl sites for hydroxylation is 1. The lowest BCUT2D eigenvalue weighted by atomic mass is 9.98. The van der Waals surface area contributed by atoms with Gasteiger partial charge in [-0.3, -0.25) is 14.4 Å². The first kappa shape index (κ1) is 28.1. The maximum absolute atomic E-state index is 14.0. The van der Waals surface area contributed by atoms with Crippen molar-refractivity contribution in [1.29, 1.82) is 0 Å². The summed E-state index contributed by atoms with van der Waals surface area (Å²) in [5, 5.41) is 5.31. The van der Waals surface area contributed by atoms with E-state index in [1.165, 1.54) is 7.11 Å². The fourth-order valence-electron chi connectivity index (χ4n) is 3.80. The molecule has 194 valence electrons. The Labute approximate surface area is 207 Å². The number of ether oxygens (including phenoxy) is 2. The number of alkyl carbamates (subject to hydrolysis) is 1. The average Bonchev–Trinajstić information content (AvgIpc) is 3.48. The van der Waals surface area contributed by atoms with Gasteiger partial charge in [0.25, 0.3) is 0 Å². The summed E-state index contributed by atoms with van der Waals surface area (Å²) >= 11 is 0. The fraction of sp³-hybridized carbons (Fsp3) is 0.615. The van der Waals surface area contributed by atoms with Crippen molar-refractivity contribution in [2.75, 3.05) is 13.7 Å². The Morgan fingerprint density at radius 1 is 1.11 bits per heavy atom. The van der Waals surface area contributed by atoms with E-state index in [1.54, 1.807) is 37.8 Å². The third-order valence-electron chi connectivity index (χ3n) is 5.84. The van der Waals surface area contributed by atoms with Crippen LogP contribution in [0.1, 0.15) is 65.1 Å². The topological polar surface area (TPSA) is 114 Å². The summed E-state index contributed by atoms with van der Waals surface area (Å²) in [4.78, 5) is 53.2. The van der Waals surface area contributed by atoms with Gasteiger partial charge < -0.3 is 25.0 Å². The van der Waals surface area contributed by atoms with Crippen molar-refractivity contribution < 1.29 is 28.7 Å². The largest absolute Gasteiger partial charge is 0.468 e. The first-order valence-corrected chi connectivity index (χ1v) is 12.0. The van der Waals surface area contributed by atoms with Crippen LogP contribution < -0.4 is 10.6 Å². The van der Waals surface area contributed by atoms with Gasteiger partial charge in [-0.2, -0.15) is 0 Å². The van der Waals surface area contributed by atoms with Crippen LogP contribution in [0, 0.1) is 18.8 Å². The van der Waals surface area contributed by atoms with Crippen molar-refractivity contribution in [3.05, 3.63) is 35.4 Å². The molecule has 4 unspecified atom stereocenters. The van der Waals surface area contributed by atoms with Gasteiger partial charge >= 0.3 is 12.1 Å². The van der Waals surface area contributed by atoms with Gasteiger partial charge in [0.1, 0.15) is 24.2 Å². The van der Waals surface area contributed by atoms with Crippen molar-refractivity contribution in [3.8, 4) is 0 Å². The van der Waals surface area contributed by atoms with E-state index in [0.29, 0.717) is 5.56 Å². The molecule has 0 aliphatic heterocycles. The lowest BCUT2D eigenvalue weighted by Crippen LogP contribution is -2.56. The Morgan fingerprint density at radius 2 is 1.69 bits per heavy atom. The molecule has 0 saturated heterocycles. The van der Waals surface area contributed by atoms with Crippen LogP contribution in [0.3, 0.4) is 0 Å². The van der Waals surface area contributed by atoms with Gasteiger partial charge in [-0.15, -0.1) is 0 Å². The van der Waals surface area contributed by atoms with E-state index < -0.39 is 35.7 Å². The summed E-state index contributed by atoms with van der Waals surface area (Å²) in [7, 11) is 1.24. The normalized spacial score (nSPS) is 18.8. The number of nitrogens with one attached hydrogen (secondary N) is 2. The molecule has 0 radical (unpaired) electrons. The number of methoxy groups -OCH3 is 1. The van der Waals surface area contributed by atoms with Crippen LogP contribution in [-0.2, 0) is 23.9 Å². The number of hydrogen-bond donors (Lipinski definition) is 2. The summed E-state index contributed by atoms with van der Waals surface area (Å²) in [6, 6.07) is 5.28. The summed E-state index contributed by atoms with van der Waals surface area (Å²) in [6.07, 6.45) is 0.0331. The van der Waals surface area contributed by atoms with Crippen molar-refractivity contribution in [3.63, 3.8) is 0 Å². The van der Waals surface area contributed by atoms with Crippen LogP contribution in [-0.4, -0.2) is 60.1 Å². The Hall–Kier alpha value is -3.10. The number of amides is 3. The molecule has 35 heavy (non-hydrogen) atoms. The highest BCUT2D eigenvalue weighted by molar-refractivity contribution is 5.93. The number of benzene rings is 1. The van der Waals surface area contributed by atoms with E-state index in [4.69, 9.17) is 4.74 Å². The van der Waals surface area contributed by atoms with E-state index >= 15 is 0 Å². The Bertz CT molecular complexity index is 922. The minimum atomic E-state index is -0.982. The number of carbonyl (C=O) groups excluding carboxylic acids is 4. The molecule has 1 aromatic carbocycles. The molecule has 4 atom stereocenters. The first-order chi connectivity index (χ1) is 16.2. The maximum Gasteiger partial charge on any atom is 0.408 e. The van der Waals surface area contributed by atoms with Gasteiger partial charge in [-0.1, -0.05) is 50.6 Å². The van der Waals surface area contributed by atoms with Gasteiger partial charge in [0.15, 0.2) is 0 Å². The van der Waals surface area contributed by atoms with Crippen LogP contribution in [0.25, 0.3) is 0 Å². The minimum absolute atomic E-state index is 0.181. The number of nitrogens with zero attached hydrogens (tertiary/aromatic N) is 1. The molecule has 1 fully saturated rings. The monoisotopic (exact) mass is 489 g/mol. The number of hydrogen-bond acceptors (Lipinski definition) is 6. The van der Waals surface area contributed by atoms with Gasteiger partial charge in [0, 0.05) is 6.04 Å². The molecule has 1 saturated carbocycles. The van der Waals surface area contributed by atoms with E-state index in [2.05, 4.69) is 15.4 Å². The lowest BCUT2D eigenvalue weighted by Gasteiger charge is -2.36. The Morgan fingerprint density at radius 3 is 2.14 bits per heavy atom. The Balaban J connectivity index is 2.45. The molecule has 0 bridgehead atoms. The molecule has 2 N–H and O–H groups in total. The highest BCUT2D eigenvalue weighted by Gasteiger charge is 2.48. The molecule has 0 heterocycles. The third kappa shape index (κ3) is 7.97. The van der Waals surface area contributed by atoms with Crippen molar-refractivity contribution in [2.45, 2.75) is 78.6 Å². The molecule has 3 amide bonds. The van der Waals surface area contributed by atoms with Crippen molar-refractivity contribution in [1.82, 2.24) is 15.5 Å². The van der Waals surface area contributed by atoms with Gasteiger partial charge in [0.05, 0.1) is 7.11 Å². The molecular formula is C26H39N3O6. The first-order valence-electron chi connectivity index (χ1n) is 12.0. The standard InChI is InChI=1S/C26H39N3O6/c1-15(2)21(28-25(33)35-26(5,6)7)24(32)29(19-13-17(19)4)22(18-11-9-16(3)10-12-18)23(31)27-14-20(30)34-8/h9-12,15,17,19,21-22H,13-14H2,1-8H3,(H,27,31)(H,28,33). The lowest BCUT2D eigenvalue weighted by molar-refractivity contribution is -0.146. The van der Waals surface area contributed by atoms with Crippen LogP contribution in [0.2, 0.25) is 0 Å². The predicted molar refractivity (Wildman–Crippen MR) is 131 cm³/mol. The van der Waals surface area contributed by atoms with Crippen LogP contribution in [0.5, 0.6) is 0 Å². The van der Waals surface area contributed by atoms with Gasteiger partial charge in [0.2, 0.25) is 11.8 Å². The summed E-state index contributed by atoms with van der Waals surface area (Å²) in [5.41, 5.74) is 0.898. The van der Waals surface area contributed by atoms with Crippen LogP contribution in [0.4, 0.5) is 4.79 Å². The zero-order valence-corrected chi connectivity index (χ0v) is 22.0. The molecule has 9 nitrogen and oxygen atoms in total. The summed E-state index contributed by atoms with van der Waals surface area (Å²) in [5.74, 6) is -1.53. The average molecular weight is 490 g/mol. The van der Waals surface area contributed by atoms with E-state index in [-0.39, 0.29) is 30.3 Å². The Kier molecular flexibility index (Phi) is 9.29. The number of esters is 1. The molecular weight excluding hydrogens is 450 g/mol. The molecule has 1 aliphatic rings. The second kappa shape index (κ2) is 11.6. The van der Waals surface area contributed by atoms with E-state index in [1.807, 2.05) is 39.8 Å². The van der Waals surface area contributed by atoms with Crippen molar-refractivity contribution >= 4 is 23.9 Å². The second-order valence-electron chi connectivity index (χ2n) is 10.5. The van der Waals surface area contributed by atoms with Gasteiger partial charge in [-0.25, -0.2) is 4.79 Å². The molecule has 1 aliphatic carbocycles. The highest BCUT2D eigenvalue weighted by atomic mass is 16.6. The number of rotatable bonds is 9. The van der Waals surface area contributed by atoms with E-state index in [0.717, 1.165) is 12.0 Å².